The average molecular weight is 393 g/mol. The van der Waals surface area contributed by atoms with Gasteiger partial charge in [-0.15, -0.1) is 10.2 Å². The highest BCUT2D eigenvalue weighted by Crippen LogP contribution is 2.30. The lowest BCUT2D eigenvalue weighted by atomic mass is 10.1. The van der Waals surface area contributed by atoms with Crippen molar-refractivity contribution < 1.29 is 10.2 Å². The van der Waals surface area contributed by atoms with Crippen LogP contribution in [0.15, 0.2) is 24.5 Å². The predicted octanol–water partition coefficient (Wildman–Crippen LogP) is 1.54. The van der Waals surface area contributed by atoms with Crippen molar-refractivity contribution >= 4 is 23.2 Å². The van der Waals surface area contributed by atoms with Gasteiger partial charge in [-0.05, 0) is 43.7 Å². The molecule has 9 heteroatoms. The summed E-state index contributed by atoms with van der Waals surface area (Å²) in [7, 11) is 0. The Morgan fingerprint density at radius 1 is 1.15 bits per heavy atom. The summed E-state index contributed by atoms with van der Waals surface area (Å²) in [4.78, 5) is 2.14. The fraction of sp³-hybridized carbons (Fsp3) is 0.611. The first-order chi connectivity index (χ1) is 13.1. The summed E-state index contributed by atoms with van der Waals surface area (Å²) in [6.07, 6.45) is 5.89. The number of nitrogens with zero attached hydrogens (tertiary/aromatic N) is 5. The lowest BCUT2D eigenvalue weighted by Gasteiger charge is -2.30. The number of nitrogens with one attached hydrogen (secondary N) is 1. The predicted molar refractivity (Wildman–Crippen MR) is 103 cm³/mol. The van der Waals surface area contributed by atoms with Crippen LogP contribution >= 0.6 is 11.6 Å². The maximum atomic E-state index is 10.4. The zero-order valence-electron chi connectivity index (χ0n) is 15.1. The van der Waals surface area contributed by atoms with Gasteiger partial charge in [0.15, 0.2) is 5.82 Å². The Morgan fingerprint density at radius 3 is 2.63 bits per heavy atom. The Balaban J connectivity index is 1.32. The molecule has 2 aromatic heterocycles. The Labute approximate surface area is 163 Å². The summed E-state index contributed by atoms with van der Waals surface area (Å²) in [6.45, 7) is 2.33. The molecule has 3 atom stereocenters. The molecule has 1 aliphatic carbocycles. The third kappa shape index (κ3) is 4.51. The number of halogens is 1. The van der Waals surface area contributed by atoms with Crippen LogP contribution in [0.2, 0.25) is 5.02 Å². The highest BCUT2D eigenvalue weighted by Gasteiger charge is 2.33. The van der Waals surface area contributed by atoms with E-state index in [-0.39, 0.29) is 12.1 Å². The van der Waals surface area contributed by atoms with E-state index in [4.69, 9.17) is 11.6 Å². The van der Waals surface area contributed by atoms with Gasteiger partial charge in [-0.1, -0.05) is 11.6 Å². The molecular weight excluding hydrogens is 368 g/mol. The second-order valence-corrected chi connectivity index (χ2v) is 7.97. The van der Waals surface area contributed by atoms with Crippen molar-refractivity contribution in [1.82, 2.24) is 20.0 Å². The summed E-state index contributed by atoms with van der Waals surface area (Å²) in [6, 6.07) is 3.80. The molecule has 2 aromatic rings. The van der Waals surface area contributed by atoms with Crippen LogP contribution < -0.4 is 10.2 Å². The second-order valence-electron chi connectivity index (χ2n) is 7.53. The van der Waals surface area contributed by atoms with Gasteiger partial charge in [0.05, 0.1) is 29.5 Å². The van der Waals surface area contributed by atoms with Gasteiger partial charge < -0.3 is 20.4 Å². The summed E-state index contributed by atoms with van der Waals surface area (Å²) in [5.74, 6) is 1.83. The van der Waals surface area contributed by atoms with Crippen LogP contribution in [0.3, 0.4) is 0 Å². The van der Waals surface area contributed by atoms with Crippen molar-refractivity contribution in [1.29, 1.82) is 0 Å². The first-order valence-electron chi connectivity index (χ1n) is 9.46. The number of anilines is 2. The standard InChI is InChI=1S/C18H25ClN6O2/c19-13-9-20-25(11-13)10-12-7-15(16(27)8-12)21-17-1-2-18(23-22-17)24-5-3-14(26)4-6-24/h1-2,9,11-12,14-16,26-27H,3-8,10H2,(H,21,22)/t12?,15-,16-/m1/s1. The highest BCUT2D eigenvalue weighted by atomic mass is 35.5. The van der Waals surface area contributed by atoms with Crippen LogP contribution in [-0.2, 0) is 6.54 Å². The normalized spacial score (nSPS) is 26.5. The number of aromatic nitrogens is 4. The molecule has 146 valence electrons. The van der Waals surface area contributed by atoms with Gasteiger partial charge in [0, 0.05) is 25.8 Å². The molecule has 27 heavy (non-hydrogen) atoms. The Hall–Kier alpha value is -1.90. The van der Waals surface area contributed by atoms with E-state index in [0.717, 1.165) is 51.1 Å². The highest BCUT2D eigenvalue weighted by molar-refractivity contribution is 6.30. The van der Waals surface area contributed by atoms with E-state index < -0.39 is 6.10 Å². The molecule has 1 aliphatic heterocycles. The first-order valence-corrected chi connectivity index (χ1v) is 9.84. The molecule has 0 bridgehead atoms. The maximum absolute atomic E-state index is 10.4. The average Bonchev–Trinajstić information content (AvgIpc) is 3.22. The number of piperidine rings is 1. The minimum atomic E-state index is -0.425. The zero-order chi connectivity index (χ0) is 18.8. The van der Waals surface area contributed by atoms with E-state index in [2.05, 4.69) is 25.5 Å². The lowest BCUT2D eigenvalue weighted by molar-refractivity contribution is 0.145. The molecule has 1 saturated carbocycles. The monoisotopic (exact) mass is 392 g/mol. The van der Waals surface area contributed by atoms with Crippen molar-refractivity contribution in [3.05, 3.63) is 29.5 Å². The first kappa shape index (κ1) is 18.5. The summed E-state index contributed by atoms with van der Waals surface area (Å²) >= 11 is 5.91. The largest absolute Gasteiger partial charge is 0.393 e. The molecule has 0 aromatic carbocycles. The Kier molecular flexibility index (Phi) is 5.47. The summed E-state index contributed by atoms with van der Waals surface area (Å²) in [5, 5.41) is 36.7. The van der Waals surface area contributed by atoms with E-state index >= 15 is 0 Å². The van der Waals surface area contributed by atoms with Crippen LogP contribution in [0.5, 0.6) is 0 Å². The quantitative estimate of drug-likeness (QED) is 0.709. The number of aliphatic hydroxyl groups excluding tert-OH is 2. The zero-order valence-corrected chi connectivity index (χ0v) is 15.8. The van der Waals surface area contributed by atoms with Gasteiger partial charge in [0.25, 0.3) is 0 Å². The van der Waals surface area contributed by atoms with Crippen LogP contribution in [0.25, 0.3) is 0 Å². The van der Waals surface area contributed by atoms with E-state index in [1.807, 2.05) is 16.8 Å². The van der Waals surface area contributed by atoms with Crippen LogP contribution in [-0.4, -0.2) is 61.5 Å². The van der Waals surface area contributed by atoms with Crippen LogP contribution in [0.4, 0.5) is 11.6 Å². The summed E-state index contributed by atoms with van der Waals surface area (Å²) in [5.41, 5.74) is 0. The maximum Gasteiger partial charge on any atom is 0.151 e. The fourth-order valence-corrected chi connectivity index (χ4v) is 4.14. The molecule has 0 radical (unpaired) electrons. The van der Waals surface area contributed by atoms with Crippen molar-refractivity contribution in [2.45, 2.75) is 50.5 Å². The van der Waals surface area contributed by atoms with E-state index in [0.29, 0.717) is 16.8 Å². The molecule has 3 heterocycles. The third-order valence-corrected chi connectivity index (χ3v) is 5.64. The molecular formula is C18H25ClN6O2. The Bertz CT molecular complexity index is 747. The molecule has 8 nitrogen and oxygen atoms in total. The van der Waals surface area contributed by atoms with Crippen LogP contribution in [0.1, 0.15) is 25.7 Å². The smallest absolute Gasteiger partial charge is 0.151 e. The molecule has 2 aliphatic rings. The number of rotatable bonds is 5. The Morgan fingerprint density at radius 2 is 1.96 bits per heavy atom. The van der Waals surface area contributed by atoms with Gasteiger partial charge >= 0.3 is 0 Å². The van der Waals surface area contributed by atoms with Gasteiger partial charge in [-0.25, -0.2) is 0 Å². The fourth-order valence-electron chi connectivity index (χ4n) is 3.98. The van der Waals surface area contributed by atoms with E-state index in [9.17, 15) is 10.2 Å². The number of hydrogen-bond acceptors (Lipinski definition) is 7. The SMILES string of the molecule is OC1CCN(c2ccc(N[C@@H]3CC(Cn4cc(Cl)cn4)C[C@H]3O)nn2)CC1. The molecule has 1 unspecified atom stereocenters. The van der Waals surface area contributed by atoms with Crippen molar-refractivity contribution in [2.24, 2.45) is 5.92 Å². The third-order valence-electron chi connectivity index (χ3n) is 5.45. The van der Waals surface area contributed by atoms with Crippen molar-refractivity contribution in [3.8, 4) is 0 Å². The van der Waals surface area contributed by atoms with Gasteiger partial charge in [-0.3, -0.25) is 4.68 Å². The number of hydrogen-bond donors (Lipinski definition) is 3. The van der Waals surface area contributed by atoms with Crippen molar-refractivity contribution in [3.63, 3.8) is 0 Å². The lowest BCUT2D eigenvalue weighted by Crippen LogP contribution is -2.36. The molecule has 0 spiro atoms. The van der Waals surface area contributed by atoms with Gasteiger partial charge in [-0.2, -0.15) is 5.10 Å². The molecule has 3 N–H and O–H groups in total. The summed E-state index contributed by atoms with van der Waals surface area (Å²) < 4.78 is 1.83. The van der Waals surface area contributed by atoms with Crippen molar-refractivity contribution in [2.75, 3.05) is 23.3 Å². The van der Waals surface area contributed by atoms with Crippen LogP contribution in [0, 0.1) is 5.92 Å². The van der Waals surface area contributed by atoms with E-state index in [1.54, 1.807) is 12.4 Å². The molecule has 1 saturated heterocycles. The minimum absolute atomic E-state index is 0.0497. The molecule has 0 amide bonds. The molecule has 4 rings (SSSR count). The number of aliphatic hydroxyl groups is 2. The minimum Gasteiger partial charge on any atom is -0.393 e. The van der Waals surface area contributed by atoms with Gasteiger partial charge in [0.2, 0.25) is 0 Å². The van der Waals surface area contributed by atoms with Gasteiger partial charge in [0.1, 0.15) is 5.82 Å². The topological polar surface area (TPSA) is 99.3 Å². The molecule has 2 fully saturated rings. The van der Waals surface area contributed by atoms with E-state index in [1.165, 1.54) is 0 Å². The second kappa shape index (κ2) is 8.00.